The number of rotatable bonds is 16. The molecule has 0 saturated heterocycles. The Morgan fingerprint density at radius 3 is 2.17 bits per heavy atom. The number of fused-ring (bicyclic) bond motifs is 4. The molecule has 0 saturated carbocycles. The number of hydrogen-bond acceptors (Lipinski definition) is 3. The first-order valence-electron chi connectivity index (χ1n) is 23.6. The van der Waals surface area contributed by atoms with E-state index in [-0.39, 0.29) is 0 Å². The van der Waals surface area contributed by atoms with Gasteiger partial charge in [0.15, 0.2) is 0 Å². The van der Waals surface area contributed by atoms with Crippen LogP contribution in [0.1, 0.15) is 73.1 Å². The zero-order valence-corrected chi connectivity index (χ0v) is 41.2. The van der Waals surface area contributed by atoms with Crippen molar-refractivity contribution in [1.29, 1.82) is 0 Å². The first-order chi connectivity index (χ1) is 33.6. The highest BCUT2D eigenvalue weighted by atomic mass is 16.3. The molecule has 0 bridgehead atoms. The molecule has 0 unspecified atom stereocenters. The summed E-state index contributed by atoms with van der Waals surface area (Å²) in [6.45, 7) is 23.8. The molecule has 7 rings (SSSR count). The van der Waals surface area contributed by atoms with Crippen LogP contribution in [0.4, 0.5) is 0 Å². The monoisotopic (exact) mass is 905 g/mol. The summed E-state index contributed by atoms with van der Waals surface area (Å²) in [4.78, 5) is 0. The van der Waals surface area contributed by atoms with Crippen molar-refractivity contribution < 1.29 is 4.42 Å². The second-order valence-corrected chi connectivity index (χ2v) is 16.4. The third kappa shape index (κ3) is 14.9. The highest BCUT2D eigenvalue weighted by Crippen LogP contribution is 2.47. The molecular formula is C66H68N2O. The SMILES string of the molecule is C/C=C(N)\C=C/Cc1ccccc1.C=C(/C=C\C(=C\c1ccccc1/C=C\C=c1/c(=C)oc2ccccc12)NC)c1ccc2c(c1)/C(=C/C)c1c(CC/C(C)=C/C=C\C)cccc1-2.C=C/C=C\C=C. The van der Waals surface area contributed by atoms with E-state index < -0.39 is 0 Å². The van der Waals surface area contributed by atoms with E-state index in [9.17, 15) is 0 Å². The summed E-state index contributed by atoms with van der Waals surface area (Å²) >= 11 is 0. The molecule has 1 aromatic heterocycles. The normalized spacial score (nSPS) is 13.6. The molecule has 1 aliphatic carbocycles. The second-order valence-electron chi connectivity index (χ2n) is 16.4. The molecule has 348 valence electrons. The van der Waals surface area contributed by atoms with Gasteiger partial charge in [-0.2, -0.15) is 0 Å². The summed E-state index contributed by atoms with van der Waals surface area (Å²) < 4.78 is 5.83. The number of furan rings is 1. The van der Waals surface area contributed by atoms with Crippen LogP contribution in [0.2, 0.25) is 0 Å². The maximum Gasteiger partial charge on any atom is 0.135 e. The Morgan fingerprint density at radius 2 is 1.46 bits per heavy atom. The summed E-state index contributed by atoms with van der Waals surface area (Å²) in [6.07, 6.45) is 37.3. The van der Waals surface area contributed by atoms with E-state index in [1.54, 1.807) is 12.2 Å². The number of allylic oxidation sites excluding steroid dienone is 16. The van der Waals surface area contributed by atoms with Crippen molar-refractivity contribution in [3.63, 3.8) is 0 Å². The smallest absolute Gasteiger partial charge is 0.135 e. The van der Waals surface area contributed by atoms with Crippen molar-refractivity contribution in [3.8, 4) is 11.1 Å². The maximum atomic E-state index is 5.83. The second kappa shape index (κ2) is 27.5. The largest absolute Gasteiger partial charge is 0.457 e. The Bertz CT molecular complexity index is 3100. The predicted molar refractivity (Wildman–Crippen MR) is 304 cm³/mol. The van der Waals surface area contributed by atoms with Gasteiger partial charge in [0, 0.05) is 29.0 Å². The van der Waals surface area contributed by atoms with Gasteiger partial charge in [-0.05, 0) is 139 Å². The summed E-state index contributed by atoms with van der Waals surface area (Å²) in [5.41, 5.74) is 23.9. The minimum absolute atomic E-state index is 0.672. The fraction of sp³-hybridized carbons (Fsp3) is 0.121. The zero-order valence-electron chi connectivity index (χ0n) is 41.2. The average molecular weight is 905 g/mol. The topological polar surface area (TPSA) is 51.2 Å². The van der Waals surface area contributed by atoms with Crippen molar-refractivity contribution in [2.75, 3.05) is 7.05 Å². The van der Waals surface area contributed by atoms with Crippen molar-refractivity contribution in [1.82, 2.24) is 5.32 Å². The Hall–Kier alpha value is -8.14. The van der Waals surface area contributed by atoms with E-state index in [1.807, 2.05) is 74.7 Å². The molecule has 1 aliphatic rings. The van der Waals surface area contributed by atoms with Crippen LogP contribution < -0.4 is 21.7 Å². The lowest BCUT2D eigenvalue weighted by Gasteiger charge is -2.11. The average Bonchev–Trinajstić information content (AvgIpc) is 3.89. The highest BCUT2D eigenvalue weighted by Gasteiger charge is 2.25. The molecule has 3 N–H and O–H groups in total. The quantitative estimate of drug-likeness (QED) is 0.0950. The molecule has 0 radical (unpaired) electrons. The van der Waals surface area contributed by atoms with Gasteiger partial charge >= 0.3 is 0 Å². The van der Waals surface area contributed by atoms with E-state index in [0.29, 0.717) is 5.42 Å². The van der Waals surface area contributed by atoms with Gasteiger partial charge in [-0.25, -0.2) is 0 Å². The first-order valence-corrected chi connectivity index (χ1v) is 23.6. The van der Waals surface area contributed by atoms with Gasteiger partial charge in [-0.15, -0.1) is 0 Å². The number of nitrogens with one attached hydrogen (secondary N) is 1. The van der Waals surface area contributed by atoms with Gasteiger partial charge in [-0.3, -0.25) is 0 Å². The molecule has 69 heavy (non-hydrogen) atoms. The number of nitrogens with two attached hydrogens (primary N) is 1. The van der Waals surface area contributed by atoms with Gasteiger partial charge in [0.25, 0.3) is 0 Å². The van der Waals surface area contributed by atoms with Gasteiger partial charge in [0.2, 0.25) is 0 Å². The molecule has 3 nitrogen and oxygen atoms in total. The molecule has 0 fully saturated rings. The Morgan fingerprint density at radius 1 is 0.739 bits per heavy atom. The van der Waals surface area contributed by atoms with E-state index in [2.05, 4.69) is 198 Å². The lowest BCUT2D eigenvalue weighted by atomic mass is 9.94. The molecule has 0 aliphatic heterocycles. The van der Waals surface area contributed by atoms with Crippen LogP contribution in [0.25, 0.3) is 58.0 Å². The molecule has 5 aromatic carbocycles. The Kier molecular flexibility index (Phi) is 20.7. The number of likely N-dealkylation sites (N-methyl/N-ethyl adjacent to an activating group) is 1. The summed E-state index contributed by atoms with van der Waals surface area (Å²) in [5, 5.41) is 5.43. The third-order valence-electron chi connectivity index (χ3n) is 11.6. The summed E-state index contributed by atoms with van der Waals surface area (Å²) in [5.74, 6) is 0. The van der Waals surface area contributed by atoms with Crippen molar-refractivity contribution in [2.45, 2.75) is 47.0 Å². The predicted octanol–water partition coefficient (Wildman–Crippen LogP) is 15.6. The van der Waals surface area contributed by atoms with Crippen LogP contribution in [-0.4, -0.2) is 7.05 Å². The van der Waals surface area contributed by atoms with Gasteiger partial charge in [0.05, 0.1) is 0 Å². The molecule has 1 heterocycles. The fourth-order valence-corrected chi connectivity index (χ4v) is 7.86. The first kappa shape index (κ1) is 51.8. The van der Waals surface area contributed by atoms with E-state index in [0.717, 1.165) is 69.1 Å². The van der Waals surface area contributed by atoms with Crippen LogP contribution >= 0.6 is 0 Å². The number of benzene rings is 5. The Labute approximate surface area is 412 Å². The van der Waals surface area contributed by atoms with E-state index in [1.165, 1.54) is 44.5 Å². The van der Waals surface area contributed by atoms with Crippen LogP contribution in [0.15, 0.2) is 241 Å². The van der Waals surface area contributed by atoms with E-state index >= 15 is 0 Å². The van der Waals surface area contributed by atoms with E-state index in [4.69, 9.17) is 10.2 Å². The summed E-state index contributed by atoms with van der Waals surface area (Å²) in [6, 6.07) is 40.3. The Balaban J connectivity index is 0.000000390. The van der Waals surface area contributed by atoms with Crippen LogP contribution in [-0.2, 0) is 12.8 Å². The summed E-state index contributed by atoms with van der Waals surface area (Å²) in [7, 11) is 1.95. The van der Waals surface area contributed by atoms with Crippen molar-refractivity contribution >= 4 is 46.9 Å². The third-order valence-corrected chi connectivity index (χ3v) is 11.6. The standard InChI is InChI=1S/C48H45NO.C12H15N.C6H8/c1-7-9-16-33(3)25-27-37-20-15-23-45-43-30-28-38(32-46(43)41(8-2)48(37)45)34(4)26-29-40(49-6)31-39-18-11-10-17-36(39)19-14-22-42-35(5)50-47-24-13-12-21-44(42)47;1-2-12(13)10-6-9-11-7-4-3-5-8-11;1-3-5-6-4-2/h7-24,26,28-32,49H,4-5,25,27H2,1-3,6H3;2-8,10H,9,13H2,1H3;3-6H,1-2H2/b9-7-,19-14-,29-26-,33-16+,40-31-,41-8-,42-22+;10-6-,12-2+;6-5-. The minimum atomic E-state index is 0.672. The molecule has 0 amide bonds. The maximum absolute atomic E-state index is 5.83. The number of para-hydroxylation sites is 1. The molecule has 6 aromatic rings. The molecular weight excluding hydrogens is 837 g/mol. The molecule has 0 atom stereocenters. The molecule has 3 heteroatoms. The number of hydrogen-bond donors (Lipinski definition) is 2. The van der Waals surface area contributed by atoms with Crippen molar-refractivity contribution in [3.05, 3.63) is 287 Å². The number of aryl methyl sites for hydroxylation is 1. The highest BCUT2D eigenvalue weighted by molar-refractivity contribution is 6.03. The van der Waals surface area contributed by atoms with Gasteiger partial charge < -0.3 is 15.5 Å². The van der Waals surface area contributed by atoms with Crippen LogP contribution in [0.5, 0.6) is 0 Å². The zero-order chi connectivity index (χ0) is 49.4. The minimum Gasteiger partial charge on any atom is -0.457 e. The van der Waals surface area contributed by atoms with Crippen molar-refractivity contribution in [2.24, 2.45) is 5.73 Å². The fourth-order valence-electron chi connectivity index (χ4n) is 7.86. The van der Waals surface area contributed by atoms with Crippen LogP contribution in [0, 0.1) is 0 Å². The van der Waals surface area contributed by atoms with Gasteiger partial charge in [0.1, 0.15) is 11.0 Å². The van der Waals surface area contributed by atoms with Crippen LogP contribution in [0.3, 0.4) is 0 Å². The lowest BCUT2D eigenvalue weighted by Crippen LogP contribution is -2.17. The lowest BCUT2D eigenvalue weighted by molar-refractivity contribution is 0.577. The van der Waals surface area contributed by atoms with Gasteiger partial charge in [-0.1, -0.05) is 220 Å². The molecule has 0 spiro atoms.